The lowest BCUT2D eigenvalue weighted by atomic mass is 10.2. The van der Waals surface area contributed by atoms with Gasteiger partial charge < -0.3 is 10.2 Å². The molecule has 0 fully saturated rings. The number of aryl methyl sites for hydroxylation is 1. The van der Waals surface area contributed by atoms with E-state index in [1.807, 2.05) is 20.2 Å². The summed E-state index contributed by atoms with van der Waals surface area (Å²) in [7, 11) is 1.83. The van der Waals surface area contributed by atoms with E-state index in [0.717, 1.165) is 30.5 Å². The molecule has 1 aliphatic heterocycles. The fraction of sp³-hybridized carbons (Fsp3) is 0.333. The zero-order valence-electron chi connectivity index (χ0n) is 12.2. The van der Waals surface area contributed by atoms with E-state index in [9.17, 15) is 0 Å². The van der Waals surface area contributed by atoms with Crippen molar-refractivity contribution in [3.05, 3.63) is 45.9 Å². The Labute approximate surface area is 146 Å². The van der Waals surface area contributed by atoms with Gasteiger partial charge in [-0.05, 0) is 25.0 Å². The van der Waals surface area contributed by atoms with Crippen LogP contribution in [0.15, 0.2) is 35.5 Å². The first-order valence-corrected chi connectivity index (χ1v) is 7.57. The minimum absolute atomic E-state index is 0. The second kappa shape index (κ2) is 7.22. The van der Waals surface area contributed by atoms with E-state index in [1.165, 1.54) is 16.1 Å². The summed E-state index contributed by atoms with van der Waals surface area (Å²) in [5.74, 6) is 0.931. The van der Waals surface area contributed by atoms with Crippen LogP contribution in [0.5, 0.6) is 0 Å². The van der Waals surface area contributed by atoms with Crippen LogP contribution in [-0.4, -0.2) is 24.5 Å². The lowest BCUT2D eigenvalue weighted by Crippen LogP contribution is -2.40. The minimum Gasteiger partial charge on any atom is -0.351 e. The Morgan fingerprint density at radius 3 is 2.95 bits per heavy atom. The number of aliphatic imine (C=N–C) groups is 1. The van der Waals surface area contributed by atoms with E-state index >= 15 is 0 Å². The van der Waals surface area contributed by atoms with Crippen molar-refractivity contribution < 1.29 is 0 Å². The topological polar surface area (TPSA) is 40.5 Å². The largest absolute Gasteiger partial charge is 0.351 e. The first kappa shape index (κ1) is 16.2. The second-order valence-corrected chi connectivity index (χ2v) is 6.10. The molecular formula is C15H19IN4S. The molecule has 3 rings (SSSR count). The third kappa shape index (κ3) is 3.55. The molecule has 4 nitrogen and oxygen atoms in total. The van der Waals surface area contributed by atoms with Crippen LogP contribution in [0.25, 0.3) is 0 Å². The third-order valence-electron chi connectivity index (χ3n) is 3.44. The minimum atomic E-state index is 0. The average molecular weight is 414 g/mol. The highest BCUT2D eigenvalue weighted by molar-refractivity contribution is 14.0. The Kier molecular flexibility index (Phi) is 5.58. The van der Waals surface area contributed by atoms with Gasteiger partial charge in [0, 0.05) is 30.4 Å². The van der Waals surface area contributed by atoms with Gasteiger partial charge in [-0.25, -0.2) is 4.98 Å². The molecule has 0 radical (unpaired) electrons. The highest BCUT2D eigenvalue weighted by Crippen LogP contribution is 2.27. The molecule has 1 N–H and O–H groups in total. The summed E-state index contributed by atoms with van der Waals surface area (Å²) in [5, 5.41) is 4.53. The van der Waals surface area contributed by atoms with Crippen LogP contribution in [0.4, 0.5) is 5.69 Å². The summed E-state index contributed by atoms with van der Waals surface area (Å²) in [5.41, 5.74) is 2.66. The molecule has 1 aromatic carbocycles. The summed E-state index contributed by atoms with van der Waals surface area (Å²) in [4.78, 5) is 12.2. The van der Waals surface area contributed by atoms with Crippen LogP contribution < -0.4 is 10.2 Å². The molecule has 0 spiro atoms. The van der Waals surface area contributed by atoms with E-state index in [0.29, 0.717) is 0 Å². The van der Waals surface area contributed by atoms with Crippen molar-refractivity contribution in [1.29, 1.82) is 0 Å². The van der Waals surface area contributed by atoms with Gasteiger partial charge in [-0.2, -0.15) is 0 Å². The standard InChI is InChI=1S/C15H18N4S.HI/c1-11-17-9-13(20-11)10-18-15(16-2)19-8-7-12-5-3-4-6-14(12)19;/h3-6,9H,7-8,10H2,1-2H3,(H,16,18);1H. The van der Waals surface area contributed by atoms with Crippen molar-refractivity contribution in [3.8, 4) is 0 Å². The number of aromatic nitrogens is 1. The number of guanidine groups is 1. The van der Waals surface area contributed by atoms with Crippen molar-refractivity contribution in [2.24, 2.45) is 4.99 Å². The van der Waals surface area contributed by atoms with E-state index in [-0.39, 0.29) is 24.0 Å². The van der Waals surface area contributed by atoms with Gasteiger partial charge >= 0.3 is 0 Å². The van der Waals surface area contributed by atoms with E-state index in [2.05, 4.69) is 44.5 Å². The summed E-state index contributed by atoms with van der Waals surface area (Å²) >= 11 is 1.72. The molecule has 2 heterocycles. The molecule has 1 aromatic heterocycles. The highest BCUT2D eigenvalue weighted by Gasteiger charge is 2.22. The molecule has 0 amide bonds. The molecule has 21 heavy (non-hydrogen) atoms. The quantitative estimate of drug-likeness (QED) is 0.466. The zero-order valence-corrected chi connectivity index (χ0v) is 15.3. The number of nitrogens with zero attached hydrogens (tertiary/aromatic N) is 3. The average Bonchev–Trinajstić information content (AvgIpc) is 3.07. The predicted octanol–water partition coefficient (Wildman–Crippen LogP) is 3.21. The molecule has 0 saturated heterocycles. The van der Waals surface area contributed by atoms with Crippen LogP contribution in [0.2, 0.25) is 0 Å². The molecule has 0 saturated carbocycles. The predicted molar refractivity (Wildman–Crippen MR) is 100.0 cm³/mol. The number of hydrogen-bond acceptors (Lipinski definition) is 3. The maximum Gasteiger partial charge on any atom is 0.198 e. The van der Waals surface area contributed by atoms with Gasteiger partial charge in [-0.3, -0.25) is 4.99 Å². The summed E-state index contributed by atoms with van der Waals surface area (Å²) < 4.78 is 0. The van der Waals surface area contributed by atoms with Gasteiger partial charge in [0.25, 0.3) is 0 Å². The number of nitrogens with one attached hydrogen (secondary N) is 1. The number of anilines is 1. The molecular weight excluding hydrogens is 395 g/mol. The first-order valence-electron chi connectivity index (χ1n) is 6.75. The second-order valence-electron chi connectivity index (χ2n) is 4.78. The summed E-state index contributed by atoms with van der Waals surface area (Å²) in [6.07, 6.45) is 3.01. The first-order chi connectivity index (χ1) is 9.78. The number of fused-ring (bicyclic) bond motifs is 1. The third-order valence-corrected chi connectivity index (χ3v) is 4.36. The molecule has 0 aliphatic carbocycles. The van der Waals surface area contributed by atoms with Crippen LogP contribution in [-0.2, 0) is 13.0 Å². The monoisotopic (exact) mass is 414 g/mol. The lowest BCUT2D eigenvalue weighted by molar-refractivity contribution is 0.877. The Morgan fingerprint density at radius 1 is 1.43 bits per heavy atom. The Hall–Kier alpha value is -1.15. The molecule has 0 unspecified atom stereocenters. The van der Waals surface area contributed by atoms with Crippen LogP contribution in [0, 0.1) is 6.92 Å². The molecule has 1 aliphatic rings. The van der Waals surface area contributed by atoms with Gasteiger partial charge in [0.1, 0.15) is 0 Å². The summed E-state index contributed by atoms with van der Waals surface area (Å²) in [6.45, 7) is 3.79. The smallest absolute Gasteiger partial charge is 0.198 e. The summed E-state index contributed by atoms with van der Waals surface area (Å²) in [6, 6.07) is 8.52. The number of thiazole rings is 1. The number of halogens is 1. The maximum atomic E-state index is 4.41. The van der Waals surface area contributed by atoms with E-state index in [1.54, 1.807) is 11.3 Å². The van der Waals surface area contributed by atoms with Crippen LogP contribution >= 0.6 is 35.3 Å². The van der Waals surface area contributed by atoms with Gasteiger partial charge in [0.05, 0.1) is 11.6 Å². The van der Waals surface area contributed by atoms with Crippen LogP contribution in [0.1, 0.15) is 15.4 Å². The number of benzene rings is 1. The molecule has 6 heteroatoms. The Morgan fingerprint density at radius 2 is 2.24 bits per heavy atom. The van der Waals surface area contributed by atoms with Crippen molar-refractivity contribution in [2.45, 2.75) is 19.9 Å². The van der Waals surface area contributed by atoms with Gasteiger partial charge in [0.2, 0.25) is 0 Å². The number of para-hydroxylation sites is 1. The van der Waals surface area contributed by atoms with E-state index < -0.39 is 0 Å². The Balaban J connectivity index is 0.00000161. The van der Waals surface area contributed by atoms with Crippen molar-refractivity contribution >= 4 is 47.0 Å². The van der Waals surface area contributed by atoms with Crippen molar-refractivity contribution in [3.63, 3.8) is 0 Å². The van der Waals surface area contributed by atoms with Crippen molar-refractivity contribution in [1.82, 2.24) is 10.3 Å². The Bertz CT molecular complexity index is 638. The van der Waals surface area contributed by atoms with Crippen molar-refractivity contribution in [2.75, 3.05) is 18.5 Å². The number of hydrogen-bond donors (Lipinski definition) is 1. The van der Waals surface area contributed by atoms with Gasteiger partial charge in [-0.1, -0.05) is 18.2 Å². The molecule has 112 valence electrons. The normalized spacial score (nSPS) is 13.8. The zero-order chi connectivity index (χ0) is 13.9. The van der Waals surface area contributed by atoms with Gasteiger partial charge in [-0.15, -0.1) is 35.3 Å². The maximum absolute atomic E-state index is 4.41. The SMILES string of the molecule is CN=C(NCc1cnc(C)s1)N1CCc2ccccc21.I. The fourth-order valence-corrected chi connectivity index (χ4v) is 3.24. The molecule has 2 aromatic rings. The lowest BCUT2D eigenvalue weighted by Gasteiger charge is -2.22. The van der Waals surface area contributed by atoms with Gasteiger partial charge in [0.15, 0.2) is 5.96 Å². The molecule has 0 bridgehead atoms. The van der Waals surface area contributed by atoms with E-state index in [4.69, 9.17) is 0 Å². The highest BCUT2D eigenvalue weighted by atomic mass is 127. The fourth-order valence-electron chi connectivity index (χ4n) is 2.51. The van der Waals surface area contributed by atoms with Crippen LogP contribution in [0.3, 0.4) is 0 Å². The molecule has 0 atom stereocenters. The number of rotatable bonds is 2.